The summed E-state index contributed by atoms with van der Waals surface area (Å²) in [6.45, 7) is 0. The molecule has 1 aromatic carbocycles. The van der Waals surface area contributed by atoms with E-state index in [4.69, 9.17) is 4.74 Å². The first-order valence-corrected chi connectivity index (χ1v) is 5.53. The predicted molar refractivity (Wildman–Crippen MR) is 66.6 cm³/mol. The van der Waals surface area contributed by atoms with Crippen molar-refractivity contribution in [2.45, 2.75) is 0 Å². The summed E-state index contributed by atoms with van der Waals surface area (Å²) in [6, 6.07) is 8.32. The highest BCUT2D eigenvalue weighted by Gasteiger charge is 2.12. The number of hydrogen-bond donors (Lipinski definition) is 1. The third kappa shape index (κ3) is 1.16. The molecule has 0 amide bonds. The second-order valence-corrected chi connectivity index (χ2v) is 4.14. The number of aromatic nitrogens is 1. The average molecular weight is 222 g/mol. The monoisotopic (exact) mass is 222 g/mol. The molecule has 0 atom stereocenters. The van der Waals surface area contributed by atoms with E-state index in [0.717, 1.165) is 16.6 Å². The maximum Gasteiger partial charge on any atom is 0.114 e. The number of fused-ring (bicyclic) bond motifs is 4. The highest BCUT2D eigenvalue weighted by atomic mass is 16.5. The molecule has 2 aliphatic heterocycles. The standard InChI is InChI=1S/C14H10N2O/c1-2-4-13-11(3-1)12-7-10-9-17-6-5-16(10)8-14(12)15-13/h1-9,15H. The van der Waals surface area contributed by atoms with Crippen molar-refractivity contribution in [3.05, 3.63) is 59.3 Å². The maximum absolute atomic E-state index is 5.20. The molecule has 2 aromatic rings. The number of aromatic amines is 1. The van der Waals surface area contributed by atoms with Crippen molar-refractivity contribution in [1.29, 1.82) is 0 Å². The van der Waals surface area contributed by atoms with Crippen LogP contribution in [0.2, 0.25) is 0 Å². The minimum absolute atomic E-state index is 1.05. The molecule has 2 aliphatic rings. The van der Waals surface area contributed by atoms with Gasteiger partial charge in [-0.1, -0.05) is 18.2 Å². The summed E-state index contributed by atoms with van der Waals surface area (Å²) < 4.78 is 5.20. The molecule has 0 saturated heterocycles. The van der Waals surface area contributed by atoms with Crippen LogP contribution >= 0.6 is 0 Å². The van der Waals surface area contributed by atoms with E-state index in [0.29, 0.717) is 0 Å². The highest BCUT2D eigenvalue weighted by molar-refractivity contribution is 5.83. The number of allylic oxidation sites excluding steroid dienone is 1. The van der Waals surface area contributed by atoms with Crippen LogP contribution in [-0.2, 0) is 4.74 Å². The van der Waals surface area contributed by atoms with Crippen molar-refractivity contribution in [1.82, 2.24) is 9.88 Å². The predicted octanol–water partition coefficient (Wildman–Crippen LogP) is 1.34. The lowest BCUT2D eigenvalue weighted by Crippen LogP contribution is -2.32. The minimum Gasteiger partial charge on any atom is -0.469 e. The number of rotatable bonds is 0. The Balaban J connectivity index is 2.15. The third-order valence-corrected chi connectivity index (χ3v) is 3.12. The molecule has 0 bridgehead atoms. The van der Waals surface area contributed by atoms with Crippen molar-refractivity contribution in [2.24, 2.45) is 0 Å². The Bertz CT molecular complexity index is 780. The van der Waals surface area contributed by atoms with E-state index in [1.165, 1.54) is 10.6 Å². The minimum atomic E-state index is 1.05. The van der Waals surface area contributed by atoms with Crippen LogP contribution in [0.4, 0.5) is 0 Å². The first-order valence-electron chi connectivity index (χ1n) is 5.53. The second-order valence-electron chi connectivity index (χ2n) is 4.14. The summed E-state index contributed by atoms with van der Waals surface area (Å²) in [4.78, 5) is 5.46. The summed E-state index contributed by atoms with van der Waals surface area (Å²) >= 11 is 0. The zero-order valence-electron chi connectivity index (χ0n) is 9.05. The van der Waals surface area contributed by atoms with Gasteiger partial charge in [-0.25, -0.2) is 0 Å². The van der Waals surface area contributed by atoms with Crippen LogP contribution in [0.3, 0.4) is 0 Å². The normalized spacial score (nSPS) is 16.5. The summed E-state index contributed by atoms with van der Waals surface area (Å²) in [6.07, 6.45) is 9.54. The van der Waals surface area contributed by atoms with E-state index < -0.39 is 0 Å². The van der Waals surface area contributed by atoms with Crippen LogP contribution in [0.25, 0.3) is 23.2 Å². The van der Waals surface area contributed by atoms with Crippen LogP contribution in [0.1, 0.15) is 0 Å². The lowest BCUT2D eigenvalue weighted by molar-refractivity contribution is 0.365. The molecular weight excluding hydrogens is 212 g/mol. The topological polar surface area (TPSA) is 28.3 Å². The smallest absolute Gasteiger partial charge is 0.114 e. The number of H-pyrrole nitrogens is 1. The number of nitrogens with one attached hydrogen (secondary N) is 1. The molecule has 1 N–H and O–H groups in total. The van der Waals surface area contributed by atoms with Gasteiger partial charge in [0.05, 0.1) is 11.0 Å². The van der Waals surface area contributed by atoms with E-state index in [1.54, 1.807) is 12.5 Å². The molecule has 3 heteroatoms. The fourth-order valence-electron chi connectivity index (χ4n) is 2.31. The Morgan fingerprint density at radius 2 is 2.12 bits per heavy atom. The van der Waals surface area contributed by atoms with Gasteiger partial charge in [0, 0.05) is 28.5 Å². The van der Waals surface area contributed by atoms with Gasteiger partial charge in [-0.05, 0) is 12.1 Å². The van der Waals surface area contributed by atoms with Crippen molar-refractivity contribution in [3.8, 4) is 0 Å². The molecule has 17 heavy (non-hydrogen) atoms. The van der Waals surface area contributed by atoms with Gasteiger partial charge >= 0.3 is 0 Å². The molecule has 0 fully saturated rings. The van der Waals surface area contributed by atoms with Gasteiger partial charge in [0.2, 0.25) is 0 Å². The summed E-state index contributed by atoms with van der Waals surface area (Å²) in [5.41, 5.74) is 2.21. The fourth-order valence-corrected chi connectivity index (χ4v) is 2.31. The number of para-hydroxylation sites is 1. The van der Waals surface area contributed by atoms with Crippen LogP contribution in [-0.4, -0.2) is 9.88 Å². The molecule has 0 spiro atoms. The van der Waals surface area contributed by atoms with Crippen LogP contribution < -0.4 is 10.6 Å². The number of hydrogen-bond acceptors (Lipinski definition) is 2. The molecule has 3 heterocycles. The van der Waals surface area contributed by atoms with E-state index in [-0.39, 0.29) is 0 Å². The maximum atomic E-state index is 5.20. The molecule has 0 saturated carbocycles. The van der Waals surface area contributed by atoms with Crippen molar-refractivity contribution in [2.75, 3.05) is 0 Å². The summed E-state index contributed by atoms with van der Waals surface area (Å²) in [7, 11) is 0. The second kappa shape index (κ2) is 3.04. The first-order chi connectivity index (χ1) is 8.42. The van der Waals surface area contributed by atoms with Crippen LogP contribution in [0.5, 0.6) is 0 Å². The van der Waals surface area contributed by atoms with Crippen LogP contribution in [0, 0.1) is 0 Å². The molecule has 4 rings (SSSR count). The first kappa shape index (κ1) is 8.70. The Hall–Kier alpha value is -2.42. The van der Waals surface area contributed by atoms with E-state index in [9.17, 15) is 0 Å². The van der Waals surface area contributed by atoms with Gasteiger partial charge < -0.3 is 14.6 Å². The molecule has 0 radical (unpaired) electrons. The van der Waals surface area contributed by atoms with Gasteiger partial charge in [0.1, 0.15) is 12.5 Å². The molecule has 82 valence electrons. The van der Waals surface area contributed by atoms with Gasteiger partial charge in [0.15, 0.2) is 0 Å². The molecule has 0 aliphatic carbocycles. The lowest BCUT2D eigenvalue weighted by atomic mass is 10.2. The zero-order valence-corrected chi connectivity index (χ0v) is 9.05. The Kier molecular flexibility index (Phi) is 1.56. The Labute approximate surface area is 97.6 Å². The number of nitrogens with zero attached hydrogens (tertiary/aromatic N) is 1. The molecule has 1 aromatic heterocycles. The number of benzene rings is 1. The van der Waals surface area contributed by atoms with Crippen molar-refractivity contribution < 1.29 is 4.74 Å². The fraction of sp³-hybridized carbons (Fsp3) is 0. The zero-order chi connectivity index (χ0) is 11.2. The number of ether oxygens (including phenoxy) is 1. The Morgan fingerprint density at radius 3 is 3.12 bits per heavy atom. The van der Waals surface area contributed by atoms with Crippen molar-refractivity contribution >= 4 is 23.2 Å². The van der Waals surface area contributed by atoms with Gasteiger partial charge in [-0.15, -0.1) is 0 Å². The lowest BCUT2D eigenvalue weighted by Gasteiger charge is -2.21. The summed E-state index contributed by atoms with van der Waals surface area (Å²) in [5, 5.41) is 3.60. The average Bonchev–Trinajstić information content (AvgIpc) is 2.73. The van der Waals surface area contributed by atoms with Crippen molar-refractivity contribution in [3.63, 3.8) is 0 Å². The largest absolute Gasteiger partial charge is 0.469 e. The van der Waals surface area contributed by atoms with Crippen LogP contribution in [0.15, 0.2) is 48.7 Å². The molecule has 3 nitrogen and oxygen atoms in total. The van der Waals surface area contributed by atoms with Gasteiger partial charge in [0.25, 0.3) is 0 Å². The SMILES string of the molecule is C1=CN2C=c3[nH]c4ccccc4c3=CC2=CO1. The van der Waals surface area contributed by atoms with Gasteiger partial charge in [-0.2, -0.15) is 0 Å². The molecule has 0 unspecified atom stereocenters. The van der Waals surface area contributed by atoms with E-state index >= 15 is 0 Å². The highest BCUT2D eigenvalue weighted by Crippen LogP contribution is 2.16. The summed E-state index contributed by atoms with van der Waals surface area (Å²) in [5.74, 6) is 0. The Morgan fingerprint density at radius 1 is 1.18 bits per heavy atom. The van der Waals surface area contributed by atoms with E-state index in [1.807, 2.05) is 17.2 Å². The quantitative estimate of drug-likeness (QED) is 0.728. The third-order valence-electron chi connectivity index (χ3n) is 3.12. The van der Waals surface area contributed by atoms with E-state index in [2.05, 4.69) is 35.5 Å². The van der Waals surface area contributed by atoms with Gasteiger partial charge in [-0.3, -0.25) is 0 Å². The molecular formula is C14H10N2O.